The summed E-state index contributed by atoms with van der Waals surface area (Å²) < 4.78 is 5.82. The summed E-state index contributed by atoms with van der Waals surface area (Å²) in [6, 6.07) is 44.0. The van der Waals surface area contributed by atoms with E-state index in [0.29, 0.717) is 0 Å². The van der Waals surface area contributed by atoms with Crippen molar-refractivity contribution in [3.05, 3.63) is 127 Å². The molecular formula is C36H44BrOP. The fourth-order valence-electron chi connectivity index (χ4n) is 5.67. The molecular weight excluding hydrogens is 559 g/mol. The molecule has 0 bridgehead atoms. The number of ether oxygens (including phenoxy) is 1. The number of hydrogen-bond donors (Lipinski definition) is 0. The zero-order valence-electron chi connectivity index (χ0n) is 23.3. The molecule has 206 valence electrons. The Morgan fingerprint density at radius 3 is 1.23 bits per heavy atom. The average molecular weight is 604 g/mol. The Hall–Kier alpha value is -2.25. The van der Waals surface area contributed by atoms with Gasteiger partial charge in [0.2, 0.25) is 0 Å². The van der Waals surface area contributed by atoms with Crippen LogP contribution in [0.2, 0.25) is 0 Å². The zero-order chi connectivity index (χ0) is 27.1. The van der Waals surface area contributed by atoms with E-state index in [-0.39, 0.29) is 0 Å². The molecule has 0 radical (unpaired) electrons. The standard InChI is InChI=1S/C36H44BrOP/c37-39(34-24-14-9-15-25-34,35-26-16-10-17-27-35,36-28-18-11-19-29-36)31-21-7-5-3-1-2-4-6-20-30-38-32-33-22-12-8-13-23-33/h8-19,22-29H,1-7,20-21,30-32H2. The molecule has 4 aromatic carbocycles. The van der Waals surface area contributed by atoms with Crippen molar-refractivity contribution in [3.63, 3.8) is 0 Å². The molecule has 0 saturated heterocycles. The van der Waals surface area contributed by atoms with Gasteiger partial charge in [-0.2, -0.15) is 0 Å². The van der Waals surface area contributed by atoms with Crippen LogP contribution in [-0.4, -0.2) is 12.8 Å². The first-order chi connectivity index (χ1) is 19.2. The third-order valence-corrected chi connectivity index (χ3v) is 17.9. The van der Waals surface area contributed by atoms with E-state index in [2.05, 4.69) is 137 Å². The van der Waals surface area contributed by atoms with Crippen LogP contribution < -0.4 is 15.9 Å². The van der Waals surface area contributed by atoms with Gasteiger partial charge in [-0.25, -0.2) is 0 Å². The van der Waals surface area contributed by atoms with Gasteiger partial charge in [-0.15, -0.1) is 0 Å². The summed E-state index contributed by atoms with van der Waals surface area (Å²) in [5.74, 6) is 0. The van der Waals surface area contributed by atoms with E-state index in [1.807, 2.05) is 0 Å². The molecule has 0 amide bonds. The maximum absolute atomic E-state index is 5.82. The second kappa shape index (κ2) is 15.5. The van der Waals surface area contributed by atoms with E-state index in [1.165, 1.54) is 79.3 Å². The number of halogens is 1. The molecule has 39 heavy (non-hydrogen) atoms. The van der Waals surface area contributed by atoms with Crippen LogP contribution in [0.5, 0.6) is 0 Å². The third-order valence-electron chi connectivity index (χ3n) is 7.86. The van der Waals surface area contributed by atoms with Crippen LogP contribution in [0.4, 0.5) is 0 Å². The molecule has 3 heteroatoms. The van der Waals surface area contributed by atoms with Gasteiger partial charge in [0.15, 0.2) is 0 Å². The summed E-state index contributed by atoms with van der Waals surface area (Å²) in [6.45, 7) is 1.61. The van der Waals surface area contributed by atoms with Gasteiger partial charge in [0.05, 0.1) is 6.61 Å². The normalized spacial score (nSPS) is 12.6. The molecule has 0 heterocycles. The van der Waals surface area contributed by atoms with Gasteiger partial charge >= 0.3 is 203 Å². The summed E-state index contributed by atoms with van der Waals surface area (Å²) >= 11 is 4.58. The second-order valence-electron chi connectivity index (χ2n) is 10.6. The van der Waals surface area contributed by atoms with E-state index in [4.69, 9.17) is 4.74 Å². The van der Waals surface area contributed by atoms with Crippen LogP contribution in [0.25, 0.3) is 0 Å². The van der Waals surface area contributed by atoms with Crippen molar-refractivity contribution in [3.8, 4) is 0 Å². The molecule has 0 saturated carbocycles. The Bertz CT molecular complexity index is 1100. The summed E-state index contributed by atoms with van der Waals surface area (Å²) in [4.78, 5) is 0. The molecule has 0 unspecified atom stereocenters. The van der Waals surface area contributed by atoms with E-state index in [1.54, 1.807) is 0 Å². The minimum absolute atomic E-state index is 0.735. The summed E-state index contributed by atoms with van der Waals surface area (Å²) in [7, 11) is 0. The third kappa shape index (κ3) is 7.91. The summed E-state index contributed by atoms with van der Waals surface area (Å²) in [6.07, 6.45) is 12.8. The molecule has 0 atom stereocenters. The minimum atomic E-state index is -2.76. The molecule has 0 fully saturated rings. The van der Waals surface area contributed by atoms with Crippen molar-refractivity contribution in [2.75, 3.05) is 12.8 Å². The fraction of sp³-hybridized carbons (Fsp3) is 0.333. The molecule has 1 nitrogen and oxygen atoms in total. The predicted molar refractivity (Wildman–Crippen MR) is 177 cm³/mol. The Kier molecular flexibility index (Phi) is 11.8. The Morgan fingerprint density at radius 1 is 0.436 bits per heavy atom. The fourth-order valence-corrected chi connectivity index (χ4v) is 13.4. The van der Waals surface area contributed by atoms with Gasteiger partial charge in [-0.1, -0.05) is 30.3 Å². The molecule has 4 aromatic rings. The van der Waals surface area contributed by atoms with Crippen molar-refractivity contribution >= 4 is 36.7 Å². The summed E-state index contributed by atoms with van der Waals surface area (Å²) in [5, 5.41) is 1.52. The zero-order valence-corrected chi connectivity index (χ0v) is 25.7. The Morgan fingerprint density at radius 2 is 0.795 bits per heavy atom. The van der Waals surface area contributed by atoms with Crippen LogP contribution in [0.3, 0.4) is 0 Å². The van der Waals surface area contributed by atoms with Gasteiger partial charge < -0.3 is 0 Å². The number of unbranched alkanes of at least 4 members (excludes halogenated alkanes) is 8. The van der Waals surface area contributed by atoms with E-state index in [0.717, 1.165) is 19.4 Å². The van der Waals surface area contributed by atoms with Gasteiger partial charge in [0.25, 0.3) is 0 Å². The Balaban J connectivity index is 1.24. The molecule has 0 spiro atoms. The van der Waals surface area contributed by atoms with Crippen molar-refractivity contribution in [2.45, 2.75) is 64.4 Å². The van der Waals surface area contributed by atoms with Gasteiger partial charge in [0.1, 0.15) is 0 Å². The Labute approximate surface area is 244 Å². The van der Waals surface area contributed by atoms with Gasteiger partial charge in [-0.3, -0.25) is 0 Å². The van der Waals surface area contributed by atoms with Crippen LogP contribution >= 0.6 is 20.8 Å². The van der Waals surface area contributed by atoms with Gasteiger partial charge in [-0.05, 0) is 5.56 Å². The number of hydrogen-bond acceptors (Lipinski definition) is 1. The van der Waals surface area contributed by atoms with E-state index < -0.39 is 5.31 Å². The van der Waals surface area contributed by atoms with Crippen molar-refractivity contribution in [2.24, 2.45) is 0 Å². The first-order valence-corrected chi connectivity index (χ1v) is 19.2. The van der Waals surface area contributed by atoms with E-state index >= 15 is 0 Å². The van der Waals surface area contributed by atoms with Crippen molar-refractivity contribution in [1.82, 2.24) is 0 Å². The van der Waals surface area contributed by atoms with Crippen LogP contribution in [0.1, 0.15) is 63.4 Å². The number of benzene rings is 4. The molecule has 0 aliphatic rings. The molecule has 0 aliphatic carbocycles. The molecule has 0 aromatic heterocycles. The first kappa shape index (κ1) is 29.7. The molecule has 0 aliphatic heterocycles. The second-order valence-corrected chi connectivity index (χ2v) is 19.7. The molecule has 4 rings (SSSR count). The summed E-state index contributed by atoms with van der Waals surface area (Å²) in [5.41, 5.74) is 1.26. The van der Waals surface area contributed by atoms with Crippen LogP contribution in [-0.2, 0) is 11.3 Å². The SMILES string of the molecule is BrP(CCCCCCCCCCCOCc1ccccc1)(c1ccccc1)(c1ccccc1)c1ccccc1. The predicted octanol–water partition coefficient (Wildman–Crippen LogP) is 9.55. The maximum atomic E-state index is 5.82. The number of rotatable bonds is 17. The van der Waals surface area contributed by atoms with Crippen LogP contribution in [0.15, 0.2) is 121 Å². The topological polar surface area (TPSA) is 9.23 Å². The van der Waals surface area contributed by atoms with E-state index in [9.17, 15) is 0 Å². The quantitative estimate of drug-likeness (QED) is 0.0863. The van der Waals surface area contributed by atoms with Gasteiger partial charge in [0, 0.05) is 0 Å². The van der Waals surface area contributed by atoms with Crippen LogP contribution in [0, 0.1) is 0 Å². The van der Waals surface area contributed by atoms with Crippen molar-refractivity contribution < 1.29 is 4.74 Å². The monoisotopic (exact) mass is 602 g/mol. The first-order valence-electron chi connectivity index (χ1n) is 14.7. The van der Waals surface area contributed by atoms with Crippen molar-refractivity contribution in [1.29, 1.82) is 0 Å². The molecule has 0 N–H and O–H groups in total. The average Bonchev–Trinajstić information content (AvgIpc) is 3.01.